The Kier molecular flexibility index (Phi) is 3.48. The average molecular weight is 337 g/mol. The molecule has 2 N–H and O–H groups in total. The topological polar surface area (TPSA) is 75.2 Å². The highest BCUT2D eigenvalue weighted by atomic mass is 79.9. The van der Waals surface area contributed by atoms with E-state index in [2.05, 4.69) is 26.1 Å². The molecule has 1 aliphatic rings. The minimum atomic E-state index is -1.02. The summed E-state index contributed by atoms with van der Waals surface area (Å²) in [5.74, 6) is 0.480. The number of carboxylic acids is 1. The fourth-order valence-electron chi connectivity index (χ4n) is 1.85. The number of carbonyl (C=O) groups is 1. The van der Waals surface area contributed by atoms with E-state index in [0.717, 1.165) is 22.4 Å². The third-order valence-electron chi connectivity index (χ3n) is 3.21. The summed E-state index contributed by atoms with van der Waals surface area (Å²) in [7, 11) is 0. The first-order valence-electron chi connectivity index (χ1n) is 6.35. The van der Waals surface area contributed by atoms with E-state index in [1.165, 1.54) is 18.9 Å². The van der Waals surface area contributed by atoms with Gasteiger partial charge >= 0.3 is 5.97 Å². The van der Waals surface area contributed by atoms with E-state index < -0.39 is 5.97 Å². The fourth-order valence-corrected chi connectivity index (χ4v) is 2.34. The van der Waals surface area contributed by atoms with Crippen LogP contribution in [-0.2, 0) is 0 Å². The summed E-state index contributed by atoms with van der Waals surface area (Å²) in [4.78, 5) is 10.8. The van der Waals surface area contributed by atoms with Gasteiger partial charge in [-0.2, -0.15) is 5.10 Å². The highest BCUT2D eigenvalue weighted by Gasteiger charge is 2.22. The summed E-state index contributed by atoms with van der Waals surface area (Å²) in [5, 5.41) is 15.4. The van der Waals surface area contributed by atoms with Gasteiger partial charge in [-0.05, 0) is 59.0 Å². The Labute approximate surface area is 124 Å². The molecule has 1 fully saturated rings. The number of hydrogen-bond donors (Lipinski definition) is 2. The van der Waals surface area contributed by atoms with Crippen LogP contribution in [0.5, 0.6) is 5.75 Å². The van der Waals surface area contributed by atoms with Crippen LogP contribution in [0.2, 0.25) is 0 Å². The number of hydrogen-bond acceptors (Lipinski definition) is 3. The van der Waals surface area contributed by atoms with Crippen molar-refractivity contribution in [2.24, 2.45) is 5.92 Å². The molecule has 1 aliphatic carbocycles. The Morgan fingerprint density at radius 2 is 2.25 bits per heavy atom. The average Bonchev–Trinajstić information content (AvgIpc) is 3.11. The number of aromatic carboxylic acids is 1. The van der Waals surface area contributed by atoms with Crippen molar-refractivity contribution in [1.29, 1.82) is 0 Å². The normalized spacial score (nSPS) is 14.2. The standard InChI is InChI=1S/C14H13BrN2O3/c15-10-5-9(11-6-12(14(18)19)17-16-11)3-4-13(10)20-7-8-1-2-8/h3-6,8H,1-2,7H2,(H,16,17)(H,18,19). The predicted octanol–water partition coefficient (Wildman–Crippen LogP) is 3.33. The van der Waals surface area contributed by atoms with Gasteiger partial charge in [-0.15, -0.1) is 0 Å². The summed E-state index contributed by atoms with van der Waals surface area (Å²) in [5.41, 5.74) is 1.50. The minimum Gasteiger partial charge on any atom is -0.492 e. The van der Waals surface area contributed by atoms with Gasteiger partial charge in [0, 0.05) is 5.56 Å². The lowest BCUT2D eigenvalue weighted by Gasteiger charge is -2.08. The molecule has 2 aromatic rings. The number of aromatic nitrogens is 2. The van der Waals surface area contributed by atoms with Crippen LogP contribution < -0.4 is 4.74 Å². The molecule has 104 valence electrons. The van der Waals surface area contributed by atoms with Crippen molar-refractivity contribution in [3.8, 4) is 17.0 Å². The minimum absolute atomic E-state index is 0.0742. The smallest absolute Gasteiger partial charge is 0.353 e. The van der Waals surface area contributed by atoms with Gasteiger partial charge in [0.05, 0.1) is 16.8 Å². The molecule has 1 heterocycles. The van der Waals surface area contributed by atoms with Gasteiger partial charge in [0.25, 0.3) is 0 Å². The number of halogens is 1. The zero-order valence-corrected chi connectivity index (χ0v) is 12.2. The molecular weight excluding hydrogens is 324 g/mol. The summed E-state index contributed by atoms with van der Waals surface area (Å²) < 4.78 is 6.57. The maximum Gasteiger partial charge on any atom is 0.353 e. The molecule has 0 bridgehead atoms. The Bertz CT molecular complexity index is 650. The van der Waals surface area contributed by atoms with Gasteiger partial charge < -0.3 is 9.84 Å². The summed E-state index contributed by atoms with van der Waals surface area (Å²) in [6.45, 7) is 0.753. The monoisotopic (exact) mass is 336 g/mol. The first-order valence-corrected chi connectivity index (χ1v) is 7.14. The van der Waals surface area contributed by atoms with Crippen LogP contribution in [-0.4, -0.2) is 27.9 Å². The van der Waals surface area contributed by atoms with E-state index in [9.17, 15) is 4.79 Å². The predicted molar refractivity (Wildman–Crippen MR) is 76.9 cm³/mol. The molecule has 0 saturated heterocycles. The molecular formula is C14H13BrN2O3. The van der Waals surface area contributed by atoms with Crippen molar-refractivity contribution in [2.75, 3.05) is 6.61 Å². The van der Waals surface area contributed by atoms with Crippen LogP contribution in [0.1, 0.15) is 23.3 Å². The highest BCUT2D eigenvalue weighted by Crippen LogP contribution is 2.33. The van der Waals surface area contributed by atoms with Crippen LogP contribution in [0, 0.1) is 5.92 Å². The van der Waals surface area contributed by atoms with Crippen LogP contribution in [0.3, 0.4) is 0 Å². The van der Waals surface area contributed by atoms with Crippen LogP contribution in [0.15, 0.2) is 28.7 Å². The largest absolute Gasteiger partial charge is 0.492 e. The zero-order valence-electron chi connectivity index (χ0n) is 10.6. The number of benzene rings is 1. The van der Waals surface area contributed by atoms with Crippen molar-refractivity contribution in [3.05, 3.63) is 34.4 Å². The zero-order chi connectivity index (χ0) is 14.1. The number of H-pyrrole nitrogens is 1. The van der Waals surface area contributed by atoms with E-state index in [4.69, 9.17) is 9.84 Å². The molecule has 20 heavy (non-hydrogen) atoms. The van der Waals surface area contributed by atoms with Gasteiger partial charge in [0.1, 0.15) is 11.4 Å². The molecule has 0 aliphatic heterocycles. The first kappa shape index (κ1) is 13.2. The summed E-state index contributed by atoms with van der Waals surface area (Å²) >= 11 is 3.47. The number of ether oxygens (including phenoxy) is 1. The highest BCUT2D eigenvalue weighted by molar-refractivity contribution is 9.10. The van der Waals surface area contributed by atoms with Crippen LogP contribution in [0.25, 0.3) is 11.3 Å². The molecule has 0 unspecified atom stereocenters. The van der Waals surface area contributed by atoms with Gasteiger partial charge in [-0.25, -0.2) is 4.79 Å². The summed E-state index contributed by atoms with van der Waals surface area (Å²) in [6, 6.07) is 7.13. The second-order valence-electron chi connectivity index (χ2n) is 4.87. The number of rotatable bonds is 5. The lowest BCUT2D eigenvalue weighted by molar-refractivity contribution is 0.0690. The molecule has 3 rings (SSSR count). The molecule has 5 nitrogen and oxygen atoms in total. The van der Waals surface area contributed by atoms with Gasteiger partial charge in [0.15, 0.2) is 0 Å². The molecule has 1 aromatic carbocycles. The molecule has 1 aromatic heterocycles. The Morgan fingerprint density at radius 3 is 2.85 bits per heavy atom. The molecule has 0 radical (unpaired) electrons. The third-order valence-corrected chi connectivity index (χ3v) is 3.83. The van der Waals surface area contributed by atoms with Crippen molar-refractivity contribution in [3.63, 3.8) is 0 Å². The molecule has 0 spiro atoms. The lowest BCUT2D eigenvalue weighted by Crippen LogP contribution is -1.99. The fraction of sp³-hybridized carbons (Fsp3) is 0.286. The Balaban J connectivity index is 1.79. The summed E-state index contributed by atoms with van der Waals surface area (Å²) in [6.07, 6.45) is 2.50. The lowest BCUT2D eigenvalue weighted by atomic mass is 10.1. The van der Waals surface area contributed by atoms with E-state index in [0.29, 0.717) is 11.6 Å². The Morgan fingerprint density at radius 1 is 1.45 bits per heavy atom. The Hall–Kier alpha value is -1.82. The number of carboxylic acid groups (broad SMARTS) is 1. The second-order valence-corrected chi connectivity index (χ2v) is 5.73. The van der Waals surface area contributed by atoms with Crippen LogP contribution >= 0.6 is 15.9 Å². The van der Waals surface area contributed by atoms with Crippen molar-refractivity contribution >= 4 is 21.9 Å². The number of nitrogens with one attached hydrogen (secondary N) is 1. The van der Waals surface area contributed by atoms with E-state index in [-0.39, 0.29) is 5.69 Å². The second kappa shape index (κ2) is 5.28. The van der Waals surface area contributed by atoms with Gasteiger partial charge in [-0.3, -0.25) is 5.10 Å². The van der Waals surface area contributed by atoms with E-state index in [1.54, 1.807) is 0 Å². The van der Waals surface area contributed by atoms with E-state index >= 15 is 0 Å². The molecule has 0 atom stereocenters. The maximum absolute atomic E-state index is 10.8. The van der Waals surface area contributed by atoms with Crippen molar-refractivity contribution in [2.45, 2.75) is 12.8 Å². The molecule has 6 heteroatoms. The van der Waals surface area contributed by atoms with E-state index in [1.807, 2.05) is 18.2 Å². The molecule has 0 amide bonds. The SMILES string of the molecule is O=C(O)c1cc(-c2ccc(OCC3CC3)c(Br)c2)n[nH]1. The van der Waals surface area contributed by atoms with Gasteiger partial charge in [0.2, 0.25) is 0 Å². The van der Waals surface area contributed by atoms with Crippen molar-refractivity contribution in [1.82, 2.24) is 10.2 Å². The number of aromatic amines is 1. The number of nitrogens with zero attached hydrogens (tertiary/aromatic N) is 1. The van der Waals surface area contributed by atoms with Gasteiger partial charge in [-0.1, -0.05) is 0 Å². The quantitative estimate of drug-likeness (QED) is 0.878. The first-order chi connectivity index (χ1) is 9.63. The third kappa shape index (κ3) is 2.85. The molecule has 1 saturated carbocycles. The van der Waals surface area contributed by atoms with Crippen molar-refractivity contribution < 1.29 is 14.6 Å². The maximum atomic E-state index is 10.8. The van der Waals surface area contributed by atoms with Crippen LogP contribution in [0.4, 0.5) is 0 Å².